The first-order chi connectivity index (χ1) is 11.6. The number of rotatable bonds is 5. The minimum atomic E-state index is -0.0394. The number of nitrogens with one attached hydrogen (secondary N) is 2. The average Bonchev–Trinajstić information content (AvgIpc) is 3.04. The molecule has 24 heavy (non-hydrogen) atoms. The van der Waals surface area contributed by atoms with E-state index >= 15 is 0 Å². The molecule has 0 radical (unpaired) electrons. The fourth-order valence-corrected chi connectivity index (χ4v) is 3.57. The standard InChI is InChI=1S/C18H24N4OS/c1-13-7-9-22(10-8-13)16-5-3-14(4-6-16)20-17(23)11-15-12-24-18(19-2)21-15/h3-6,12-13H,7-11H2,1-2H3,(H,19,21)(H,20,23). The van der Waals surface area contributed by atoms with Gasteiger partial charge in [0.25, 0.3) is 0 Å². The first kappa shape index (κ1) is 16.8. The minimum Gasteiger partial charge on any atom is -0.372 e. The van der Waals surface area contributed by atoms with Crippen LogP contribution in [0.2, 0.25) is 0 Å². The monoisotopic (exact) mass is 344 g/mol. The number of amides is 1. The molecule has 1 amide bonds. The molecular formula is C18H24N4OS. The Hall–Kier alpha value is -2.08. The Balaban J connectivity index is 1.54. The van der Waals surface area contributed by atoms with Crippen LogP contribution in [0.5, 0.6) is 0 Å². The summed E-state index contributed by atoms with van der Waals surface area (Å²) in [5.41, 5.74) is 2.86. The summed E-state index contributed by atoms with van der Waals surface area (Å²) in [4.78, 5) is 18.9. The lowest BCUT2D eigenvalue weighted by Crippen LogP contribution is -2.32. The third kappa shape index (κ3) is 4.26. The zero-order valence-electron chi connectivity index (χ0n) is 14.2. The van der Waals surface area contributed by atoms with Gasteiger partial charge in [-0.3, -0.25) is 4.79 Å². The van der Waals surface area contributed by atoms with Crippen molar-refractivity contribution in [1.29, 1.82) is 0 Å². The number of nitrogens with zero attached hydrogens (tertiary/aromatic N) is 2. The molecule has 1 aliphatic heterocycles. The highest BCUT2D eigenvalue weighted by Crippen LogP contribution is 2.24. The predicted octanol–water partition coefficient (Wildman–Crippen LogP) is 3.60. The van der Waals surface area contributed by atoms with Crippen LogP contribution in [0.3, 0.4) is 0 Å². The molecule has 1 saturated heterocycles. The largest absolute Gasteiger partial charge is 0.372 e. The summed E-state index contributed by atoms with van der Waals surface area (Å²) in [7, 11) is 1.83. The van der Waals surface area contributed by atoms with Gasteiger partial charge >= 0.3 is 0 Å². The van der Waals surface area contributed by atoms with E-state index in [-0.39, 0.29) is 5.91 Å². The molecule has 3 rings (SSSR count). The summed E-state index contributed by atoms with van der Waals surface area (Å²) in [5.74, 6) is 0.788. The third-order valence-electron chi connectivity index (χ3n) is 4.41. The maximum Gasteiger partial charge on any atom is 0.230 e. The van der Waals surface area contributed by atoms with Crippen molar-refractivity contribution in [2.75, 3.05) is 35.7 Å². The Kier molecular flexibility index (Phi) is 5.35. The number of anilines is 3. The van der Waals surface area contributed by atoms with Gasteiger partial charge in [-0.25, -0.2) is 4.98 Å². The maximum absolute atomic E-state index is 12.1. The first-order valence-electron chi connectivity index (χ1n) is 8.41. The Morgan fingerprint density at radius 2 is 2.00 bits per heavy atom. The molecule has 1 aromatic carbocycles. The van der Waals surface area contributed by atoms with Gasteiger partial charge in [-0.2, -0.15) is 0 Å². The van der Waals surface area contributed by atoms with Crippen LogP contribution in [0, 0.1) is 5.92 Å². The predicted molar refractivity (Wildman–Crippen MR) is 101 cm³/mol. The van der Waals surface area contributed by atoms with Crippen molar-refractivity contribution < 1.29 is 4.79 Å². The molecule has 0 aliphatic carbocycles. The Bertz CT molecular complexity index is 675. The Morgan fingerprint density at radius 1 is 1.29 bits per heavy atom. The highest BCUT2D eigenvalue weighted by Gasteiger charge is 2.16. The van der Waals surface area contributed by atoms with Gasteiger partial charge in [0.1, 0.15) is 0 Å². The lowest BCUT2D eigenvalue weighted by molar-refractivity contribution is -0.115. The third-order valence-corrected chi connectivity index (χ3v) is 5.32. The number of thiazole rings is 1. The second-order valence-electron chi connectivity index (χ2n) is 6.34. The van der Waals surface area contributed by atoms with Gasteiger partial charge in [0.05, 0.1) is 12.1 Å². The summed E-state index contributed by atoms with van der Waals surface area (Å²) in [6, 6.07) is 8.14. The average molecular weight is 344 g/mol. The van der Waals surface area contributed by atoms with E-state index in [9.17, 15) is 4.79 Å². The summed E-state index contributed by atoms with van der Waals surface area (Å²) in [6.07, 6.45) is 2.80. The van der Waals surface area contributed by atoms with E-state index in [1.165, 1.54) is 29.9 Å². The minimum absolute atomic E-state index is 0.0394. The molecule has 0 unspecified atom stereocenters. The van der Waals surface area contributed by atoms with Crippen LogP contribution in [0.15, 0.2) is 29.6 Å². The van der Waals surface area contributed by atoms with Gasteiger partial charge in [-0.1, -0.05) is 6.92 Å². The lowest BCUT2D eigenvalue weighted by atomic mass is 9.99. The lowest BCUT2D eigenvalue weighted by Gasteiger charge is -2.32. The van der Waals surface area contributed by atoms with E-state index in [0.29, 0.717) is 6.42 Å². The van der Waals surface area contributed by atoms with E-state index < -0.39 is 0 Å². The molecule has 1 aliphatic rings. The Morgan fingerprint density at radius 3 is 2.62 bits per heavy atom. The van der Waals surface area contributed by atoms with E-state index in [1.807, 2.05) is 24.6 Å². The summed E-state index contributed by atoms with van der Waals surface area (Å²) in [6.45, 7) is 4.55. The van der Waals surface area contributed by atoms with Gasteiger partial charge in [0.2, 0.25) is 5.91 Å². The van der Waals surface area contributed by atoms with Crippen molar-refractivity contribution in [1.82, 2.24) is 4.98 Å². The van der Waals surface area contributed by atoms with Gasteiger partial charge in [-0.15, -0.1) is 11.3 Å². The molecule has 0 saturated carbocycles. The van der Waals surface area contributed by atoms with Crippen molar-refractivity contribution in [3.63, 3.8) is 0 Å². The van der Waals surface area contributed by atoms with E-state index in [0.717, 1.165) is 35.5 Å². The SMILES string of the molecule is CNc1nc(CC(=O)Nc2ccc(N3CCC(C)CC3)cc2)cs1. The van der Waals surface area contributed by atoms with Crippen molar-refractivity contribution in [3.8, 4) is 0 Å². The normalized spacial score (nSPS) is 15.3. The van der Waals surface area contributed by atoms with Gasteiger partial charge in [0.15, 0.2) is 5.13 Å². The van der Waals surface area contributed by atoms with E-state index in [1.54, 1.807) is 0 Å². The zero-order chi connectivity index (χ0) is 16.9. The molecule has 0 atom stereocenters. The number of hydrogen-bond acceptors (Lipinski definition) is 5. The molecule has 2 heterocycles. The molecular weight excluding hydrogens is 320 g/mol. The summed E-state index contributed by atoms with van der Waals surface area (Å²) in [5, 5.41) is 8.66. The Labute approximate surface area is 147 Å². The molecule has 0 spiro atoms. The van der Waals surface area contributed by atoms with Crippen LogP contribution in [0.25, 0.3) is 0 Å². The number of carbonyl (C=O) groups is 1. The zero-order valence-corrected chi connectivity index (χ0v) is 15.0. The molecule has 128 valence electrons. The van der Waals surface area contributed by atoms with Crippen LogP contribution in [0.1, 0.15) is 25.5 Å². The highest BCUT2D eigenvalue weighted by molar-refractivity contribution is 7.13. The summed E-state index contributed by atoms with van der Waals surface area (Å²) < 4.78 is 0. The first-order valence-corrected chi connectivity index (χ1v) is 9.29. The molecule has 1 aromatic heterocycles. The molecule has 2 aromatic rings. The maximum atomic E-state index is 12.1. The summed E-state index contributed by atoms with van der Waals surface area (Å²) >= 11 is 1.51. The molecule has 6 heteroatoms. The van der Waals surface area contributed by atoms with Crippen molar-refractivity contribution in [2.24, 2.45) is 5.92 Å². The highest BCUT2D eigenvalue weighted by atomic mass is 32.1. The van der Waals surface area contributed by atoms with Crippen molar-refractivity contribution >= 4 is 33.8 Å². The van der Waals surface area contributed by atoms with Gasteiger partial charge < -0.3 is 15.5 Å². The molecule has 1 fully saturated rings. The number of benzene rings is 1. The molecule has 0 bridgehead atoms. The van der Waals surface area contributed by atoms with Gasteiger partial charge in [-0.05, 0) is 43.0 Å². The second kappa shape index (κ2) is 7.66. The number of hydrogen-bond donors (Lipinski definition) is 2. The number of aromatic nitrogens is 1. The van der Waals surface area contributed by atoms with Crippen LogP contribution in [0.4, 0.5) is 16.5 Å². The van der Waals surface area contributed by atoms with E-state index in [4.69, 9.17) is 0 Å². The van der Waals surface area contributed by atoms with Crippen molar-refractivity contribution in [3.05, 3.63) is 35.3 Å². The van der Waals surface area contributed by atoms with Crippen LogP contribution in [-0.2, 0) is 11.2 Å². The van der Waals surface area contributed by atoms with Crippen LogP contribution in [-0.4, -0.2) is 31.0 Å². The quantitative estimate of drug-likeness (QED) is 0.870. The van der Waals surface area contributed by atoms with E-state index in [2.05, 4.69) is 39.6 Å². The fraction of sp³-hybridized carbons (Fsp3) is 0.444. The van der Waals surface area contributed by atoms with Crippen LogP contribution < -0.4 is 15.5 Å². The smallest absolute Gasteiger partial charge is 0.230 e. The second-order valence-corrected chi connectivity index (χ2v) is 7.19. The van der Waals surface area contributed by atoms with Crippen LogP contribution >= 0.6 is 11.3 Å². The fourth-order valence-electron chi connectivity index (χ4n) is 2.90. The molecule has 2 N–H and O–H groups in total. The number of carbonyl (C=O) groups excluding carboxylic acids is 1. The van der Waals surface area contributed by atoms with Crippen molar-refractivity contribution in [2.45, 2.75) is 26.2 Å². The van der Waals surface area contributed by atoms with Gasteiger partial charge in [0, 0.05) is 36.9 Å². The topological polar surface area (TPSA) is 57.3 Å². The number of piperidine rings is 1. The molecule has 5 nitrogen and oxygen atoms in total.